The molecule has 1 atom stereocenters. The maximum Gasteiger partial charge on any atom is 0.0638 e. The molecule has 0 radical (unpaired) electrons. The number of hydrogen-bond acceptors (Lipinski definition) is 3. The van der Waals surface area contributed by atoms with Gasteiger partial charge in [0.25, 0.3) is 0 Å². The molecule has 2 aromatic rings. The first-order valence-corrected chi connectivity index (χ1v) is 7.11. The van der Waals surface area contributed by atoms with E-state index in [9.17, 15) is 0 Å². The molecule has 4 heteroatoms. The van der Waals surface area contributed by atoms with E-state index in [0.717, 1.165) is 6.54 Å². The Morgan fingerprint density at radius 2 is 2.17 bits per heavy atom. The Bertz CT molecular complexity index is 511. The molecular formula is C14H17ClN2S. The SMILES string of the molecule is CC(c1cccs1)N(C)Cc1ccc(N)c(Cl)c1. The van der Waals surface area contributed by atoms with Crippen molar-refractivity contribution in [2.45, 2.75) is 19.5 Å². The van der Waals surface area contributed by atoms with Crippen molar-refractivity contribution in [3.05, 3.63) is 51.2 Å². The average Bonchev–Trinajstić information content (AvgIpc) is 2.86. The average molecular weight is 281 g/mol. The van der Waals surface area contributed by atoms with Gasteiger partial charge in [-0.15, -0.1) is 11.3 Å². The van der Waals surface area contributed by atoms with Gasteiger partial charge >= 0.3 is 0 Å². The van der Waals surface area contributed by atoms with Crippen LogP contribution in [0.5, 0.6) is 0 Å². The lowest BCUT2D eigenvalue weighted by Crippen LogP contribution is -2.21. The van der Waals surface area contributed by atoms with E-state index in [2.05, 4.69) is 36.4 Å². The molecule has 0 amide bonds. The maximum absolute atomic E-state index is 6.03. The van der Waals surface area contributed by atoms with Crippen LogP contribution in [0.1, 0.15) is 23.4 Å². The predicted molar refractivity (Wildman–Crippen MR) is 80.1 cm³/mol. The van der Waals surface area contributed by atoms with Crippen LogP contribution >= 0.6 is 22.9 Å². The van der Waals surface area contributed by atoms with Crippen LogP contribution < -0.4 is 5.73 Å². The minimum absolute atomic E-state index is 0.404. The molecule has 1 unspecified atom stereocenters. The van der Waals surface area contributed by atoms with Gasteiger partial charge in [0.15, 0.2) is 0 Å². The van der Waals surface area contributed by atoms with Crippen molar-refractivity contribution in [2.24, 2.45) is 0 Å². The van der Waals surface area contributed by atoms with E-state index in [1.54, 1.807) is 11.3 Å². The fourth-order valence-corrected chi connectivity index (χ4v) is 2.89. The zero-order valence-electron chi connectivity index (χ0n) is 10.6. The first-order valence-electron chi connectivity index (χ1n) is 5.85. The van der Waals surface area contributed by atoms with Crippen LogP contribution in [-0.4, -0.2) is 11.9 Å². The van der Waals surface area contributed by atoms with Gasteiger partial charge in [-0.05, 0) is 43.1 Å². The summed E-state index contributed by atoms with van der Waals surface area (Å²) in [5.74, 6) is 0. The van der Waals surface area contributed by atoms with Gasteiger partial charge in [0.2, 0.25) is 0 Å². The van der Waals surface area contributed by atoms with E-state index >= 15 is 0 Å². The third-order valence-electron chi connectivity index (χ3n) is 3.11. The molecule has 0 bridgehead atoms. The Morgan fingerprint density at radius 1 is 1.39 bits per heavy atom. The second kappa shape index (κ2) is 5.74. The number of halogens is 1. The molecule has 0 aliphatic carbocycles. The topological polar surface area (TPSA) is 29.3 Å². The van der Waals surface area contributed by atoms with Crippen molar-refractivity contribution in [1.29, 1.82) is 0 Å². The largest absolute Gasteiger partial charge is 0.398 e. The highest BCUT2D eigenvalue weighted by molar-refractivity contribution is 7.10. The molecule has 1 aromatic carbocycles. The van der Waals surface area contributed by atoms with Crippen molar-refractivity contribution in [1.82, 2.24) is 4.90 Å². The molecule has 1 aromatic heterocycles. The number of rotatable bonds is 4. The van der Waals surface area contributed by atoms with Crippen LogP contribution in [0.25, 0.3) is 0 Å². The fraction of sp³-hybridized carbons (Fsp3) is 0.286. The van der Waals surface area contributed by atoms with E-state index in [4.69, 9.17) is 17.3 Å². The van der Waals surface area contributed by atoms with Crippen LogP contribution in [0.2, 0.25) is 5.02 Å². The number of hydrogen-bond donors (Lipinski definition) is 1. The van der Waals surface area contributed by atoms with E-state index in [0.29, 0.717) is 16.8 Å². The quantitative estimate of drug-likeness (QED) is 0.852. The summed E-state index contributed by atoms with van der Waals surface area (Å²) in [7, 11) is 2.12. The summed E-state index contributed by atoms with van der Waals surface area (Å²) in [4.78, 5) is 3.67. The molecule has 0 fully saturated rings. The zero-order chi connectivity index (χ0) is 13.1. The van der Waals surface area contributed by atoms with Gasteiger partial charge < -0.3 is 5.73 Å². The number of benzene rings is 1. The second-order valence-corrected chi connectivity index (χ2v) is 5.85. The highest BCUT2D eigenvalue weighted by Crippen LogP contribution is 2.26. The highest BCUT2D eigenvalue weighted by Gasteiger charge is 2.13. The maximum atomic E-state index is 6.03. The molecule has 1 heterocycles. The molecule has 0 saturated heterocycles. The van der Waals surface area contributed by atoms with Crippen molar-refractivity contribution in [3.8, 4) is 0 Å². The third-order valence-corrected chi connectivity index (χ3v) is 4.48. The smallest absolute Gasteiger partial charge is 0.0638 e. The first-order chi connectivity index (χ1) is 8.58. The summed E-state index contributed by atoms with van der Waals surface area (Å²) in [6.45, 7) is 3.07. The van der Waals surface area contributed by atoms with Crippen molar-refractivity contribution < 1.29 is 0 Å². The Kier molecular flexibility index (Phi) is 4.27. The molecule has 2 N–H and O–H groups in total. The van der Waals surface area contributed by atoms with Crippen LogP contribution in [0.15, 0.2) is 35.7 Å². The van der Waals surface area contributed by atoms with Crippen LogP contribution in [0, 0.1) is 0 Å². The molecule has 0 aliphatic rings. The second-order valence-electron chi connectivity index (χ2n) is 4.46. The molecular weight excluding hydrogens is 264 g/mol. The number of anilines is 1. The van der Waals surface area contributed by atoms with E-state index in [1.807, 2.05) is 18.2 Å². The lowest BCUT2D eigenvalue weighted by atomic mass is 10.1. The number of nitrogens with two attached hydrogens (primary N) is 1. The minimum atomic E-state index is 0.404. The van der Waals surface area contributed by atoms with E-state index < -0.39 is 0 Å². The van der Waals surface area contributed by atoms with Gasteiger partial charge in [-0.3, -0.25) is 4.90 Å². The molecule has 18 heavy (non-hydrogen) atoms. The summed E-state index contributed by atoms with van der Waals surface area (Å²) in [5.41, 5.74) is 7.53. The van der Waals surface area contributed by atoms with Gasteiger partial charge in [0.1, 0.15) is 0 Å². The van der Waals surface area contributed by atoms with Gasteiger partial charge in [0.05, 0.1) is 10.7 Å². The molecule has 96 valence electrons. The summed E-state index contributed by atoms with van der Waals surface area (Å²) in [5, 5.41) is 2.74. The van der Waals surface area contributed by atoms with Crippen molar-refractivity contribution in [2.75, 3.05) is 12.8 Å². The van der Waals surface area contributed by atoms with Gasteiger partial charge in [-0.2, -0.15) is 0 Å². The zero-order valence-corrected chi connectivity index (χ0v) is 12.1. The fourth-order valence-electron chi connectivity index (χ4n) is 1.84. The Labute approximate surface area is 117 Å². The standard InChI is InChI=1S/C14H17ClN2S/c1-10(14-4-3-7-18-14)17(2)9-11-5-6-13(16)12(15)8-11/h3-8,10H,9,16H2,1-2H3. The molecule has 0 aliphatic heterocycles. The van der Waals surface area contributed by atoms with E-state index in [-0.39, 0.29) is 0 Å². The third kappa shape index (κ3) is 3.05. The first kappa shape index (κ1) is 13.4. The number of nitrogens with zero attached hydrogens (tertiary/aromatic N) is 1. The summed E-state index contributed by atoms with van der Waals surface area (Å²) >= 11 is 7.82. The Hall–Kier alpha value is -1.03. The lowest BCUT2D eigenvalue weighted by Gasteiger charge is -2.24. The van der Waals surface area contributed by atoms with Gasteiger partial charge in [-0.25, -0.2) is 0 Å². The van der Waals surface area contributed by atoms with Crippen molar-refractivity contribution >= 4 is 28.6 Å². The summed E-state index contributed by atoms with van der Waals surface area (Å²) in [6.07, 6.45) is 0. The molecule has 0 saturated carbocycles. The highest BCUT2D eigenvalue weighted by atomic mass is 35.5. The lowest BCUT2D eigenvalue weighted by molar-refractivity contribution is 0.256. The minimum Gasteiger partial charge on any atom is -0.398 e. The van der Waals surface area contributed by atoms with Gasteiger partial charge in [0, 0.05) is 17.5 Å². The monoisotopic (exact) mass is 280 g/mol. The summed E-state index contributed by atoms with van der Waals surface area (Å²) in [6, 6.07) is 10.5. The normalized spacial score (nSPS) is 12.9. The van der Waals surface area contributed by atoms with Crippen LogP contribution in [0.3, 0.4) is 0 Å². The summed E-state index contributed by atoms with van der Waals surface area (Å²) < 4.78 is 0. The predicted octanol–water partition coefficient (Wildman–Crippen LogP) is 4.18. The Morgan fingerprint density at radius 3 is 2.78 bits per heavy atom. The molecule has 2 nitrogen and oxygen atoms in total. The van der Waals surface area contributed by atoms with E-state index in [1.165, 1.54) is 10.4 Å². The molecule has 2 rings (SSSR count). The Balaban J connectivity index is 2.06. The van der Waals surface area contributed by atoms with Crippen molar-refractivity contribution in [3.63, 3.8) is 0 Å². The van der Waals surface area contributed by atoms with Crippen LogP contribution in [-0.2, 0) is 6.54 Å². The van der Waals surface area contributed by atoms with Crippen LogP contribution in [0.4, 0.5) is 5.69 Å². The molecule has 0 spiro atoms. The van der Waals surface area contributed by atoms with Gasteiger partial charge in [-0.1, -0.05) is 23.7 Å². The number of nitrogen functional groups attached to an aromatic ring is 1. The number of thiophene rings is 1.